The molecule has 3 heteroatoms. The van der Waals surface area contributed by atoms with E-state index >= 15 is 0 Å². The van der Waals surface area contributed by atoms with Gasteiger partial charge in [-0.3, -0.25) is 0 Å². The van der Waals surface area contributed by atoms with Crippen molar-refractivity contribution < 1.29 is 0 Å². The van der Waals surface area contributed by atoms with Crippen molar-refractivity contribution in [3.63, 3.8) is 0 Å². The lowest BCUT2D eigenvalue weighted by Gasteiger charge is -2.20. The molecule has 1 unspecified atom stereocenters. The number of hydrogen-bond donors (Lipinski definition) is 1. The van der Waals surface area contributed by atoms with Crippen molar-refractivity contribution in [2.75, 3.05) is 6.54 Å². The summed E-state index contributed by atoms with van der Waals surface area (Å²) >= 11 is 8.56. The third-order valence-corrected chi connectivity index (χ3v) is 4.80. The van der Waals surface area contributed by atoms with Crippen LogP contribution in [0.2, 0.25) is 5.02 Å². The Morgan fingerprint density at radius 2 is 1.90 bits per heavy atom. The van der Waals surface area contributed by atoms with E-state index in [2.05, 4.69) is 77.3 Å². The number of hydrogen-bond acceptors (Lipinski definition) is 1. The largest absolute Gasteiger partial charge is 0.310 e. The van der Waals surface area contributed by atoms with Crippen molar-refractivity contribution in [3.05, 3.63) is 68.3 Å². The Hall–Kier alpha value is -0.580. The number of aryl methyl sites for hydroxylation is 1. The molecule has 112 valence electrons. The molecular weight excluding hydrogens is 393 g/mol. The van der Waals surface area contributed by atoms with Crippen molar-refractivity contribution in [1.29, 1.82) is 0 Å². The molecule has 21 heavy (non-hydrogen) atoms. The van der Waals surface area contributed by atoms with E-state index in [1.54, 1.807) is 0 Å². The first-order chi connectivity index (χ1) is 10.2. The normalized spacial score (nSPS) is 12.3. The lowest BCUT2D eigenvalue weighted by molar-refractivity contribution is 0.496. The molecule has 1 atom stereocenters. The number of nitrogens with one attached hydrogen (secondary N) is 1. The summed E-state index contributed by atoms with van der Waals surface area (Å²) in [5, 5.41) is 4.41. The molecule has 0 radical (unpaired) electrons. The number of rotatable bonds is 7. The minimum atomic E-state index is 0.379. The average Bonchev–Trinajstić information content (AvgIpc) is 2.50. The van der Waals surface area contributed by atoms with Gasteiger partial charge in [-0.15, -0.1) is 0 Å². The molecule has 0 aliphatic carbocycles. The van der Waals surface area contributed by atoms with Crippen LogP contribution in [-0.4, -0.2) is 6.54 Å². The maximum Gasteiger partial charge on any atom is 0.0410 e. The maximum absolute atomic E-state index is 6.16. The Kier molecular flexibility index (Phi) is 7.00. The molecule has 0 saturated heterocycles. The van der Waals surface area contributed by atoms with Crippen LogP contribution in [0.25, 0.3) is 0 Å². The monoisotopic (exact) mass is 413 g/mol. The molecular formula is C18H21ClIN. The molecule has 2 rings (SSSR count). The molecule has 0 aliphatic heterocycles. The zero-order valence-electron chi connectivity index (χ0n) is 12.3. The quantitative estimate of drug-likeness (QED) is 0.581. The average molecular weight is 414 g/mol. The second-order valence-corrected chi connectivity index (χ2v) is 6.75. The third-order valence-electron chi connectivity index (χ3n) is 3.59. The first-order valence-corrected chi connectivity index (χ1v) is 8.88. The first-order valence-electron chi connectivity index (χ1n) is 7.43. The topological polar surface area (TPSA) is 12.0 Å². The van der Waals surface area contributed by atoms with Gasteiger partial charge in [-0.1, -0.05) is 48.9 Å². The SMILES string of the molecule is CCNC(CCCc1ccccc1)c1cc(Cl)ccc1I. The molecule has 0 aliphatic rings. The Labute approximate surface area is 146 Å². The molecule has 0 aromatic heterocycles. The first kappa shape index (κ1) is 16.8. The van der Waals surface area contributed by atoms with Gasteiger partial charge in [-0.05, 0) is 77.7 Å². The highest BCUT2D eigenvalue weighted by Gasteiger charge is 2.13. The lowest BCUT2D eigenvalue weighted by Crippen LogP contribution is -2.22. The van der Waals surface area contributed by atoms with Gasteiger partial charge >= 0.3 is 0 Å². The zero-order valence-corrected chi connectivity index (χ0v) is 15.2. The molecule has 0 heterocycles. The van der Waals surface area contributed by atoms with Crippen molar-refractivity contribution in [2.24, 2.45) is 0 Å². The highest BCUT2D eigenvalue weighted by molar-refractivity contribution is 14.1. The molecule has 0 amide bonds. The van der Waals surface area contributed by atoms with Crippen LogP contribution < -0.4 is 5.32 Å². The fourth-order valence-corrected chi connectivity index (χ4v) is 3.44. The van der Waals surface area contributed by atoms with Crippen LogP contribution in [0.3, 0.4) is 0 Å². The van der Waals surface area contributed by atoms with Crippen molar-refractivity contribution in [1.82, 2.24) is 5.32 Å². The van der Waals surface area contributed by atoms with Gasteiger partial charge in [0.25, 0.3) is 0 Å². The van der Waals surface area contributed by atoms with Gasteiger partial charge in [0.2, 0.25) is 0 Å². The predicted octanol–water partition coefficient (Wildman–Crippen LogP) is 5.62. The van der Waals surface area contributed by atoms with E-state index in [-0.39, 0.29) is 0 Å². The van der Waals surface area contributed by atoms with E-state index in [9.17, 15) is 0 Å². The summed E-state index contributed by atoms with van der Waals surface area (Å²) in [6, 6.07) is 17.2. The van der Waals surface area contributed by atoms with Gasteiger partial charge in [0.15, 0.2) is 0 Å². The van der Waals surface area contributed by atoms with E-state index < -0.39 is 0 Å². The lowest BCUT2D eigenvalue weighted by atomic mass is 9.99. The fourth-order valence-electron chi connectivity index (χ4n) is 2.55. The smallest absolute Gasteiger partial charge is 0.0410 e. The summed E-state index contributed by atoms with van der Waals surface area (Å²) in [5.41, 5.74) is 2.73. The van der Waals surface area contributed by atoms with E-state index in [0.717, 1.165) is 24.4 Å². The third kappa shape index (κ3) is 5.28. The predicted molar refractivity (Wildman–Crippen MR) is 100.0 cm³/mol. The second kappa shape index (κ2) is 8.76. The molecule has 2 aromatic carbocycles. The molecule has 0 fully saturated rings. The minimum Gasteiger partial charge on any atom is -0.310 e. The van der Waals surface area contributed by atoms with Crippen LogP contribution in [0.1, 0.15) is 36.9 Å². The summed E-state index contributed by atoms with van der Waals surface area (Å²) in [4.78, 5) is 0. The molecule has 1 nitrogen and oxygen atoms in total. The van der Waals surface area contributed by atoms with Crippen LogP contribution in [0.15, 0.2) is 48.5 Å². The van der Waals surface area contributed by atoms with Gasteiger partial charge in [-0.25, -0.2) is 0 Å². The van der Waals surface area contributed by atoms with Crippen molar-refractivity contribution >= 4 is 34.2 Å². The van der Waals surface area contributed by atoms with Crippen molar-refractivity contribution in [2.45, 2.75) is 32.2 Å². The van der Waals surface area contributed by atoms with Crippen molar-refractivity contribution in [3.8, 4) is 0 Å². The van der Waals surface area contributed by atoms with Crippen LogP contribution in [0.4, 0.5) is 0 Å². The van der Waals surface area contributed by atoms with E-state index in [1.807, 2.05) is 6.07 Å². The van der Waals surface area contributed by atoms with Crippen LogP contribution in [0.5, 0.6) is 0 Å². The summed E-state index contributed by atoms with van der Waals surface area (Å²) in [7, 11) is 0. The Balaban J connectivity index is 2.00. The van der Waals surface area contributed by atoms with Crippen LogP contribution in [0, 0.1) is 3.57 Å². The van der Waals surface area contributed by atoms with E-state index in [0.29, 0.717) is 6.04 Å². The summed E-state index contributed by atoms with van der Waals surface area (Å²) in [6.07, 6.45) is 3.42. The summed E-state index contributed by atoms with van der Waals surface area (Å²) in [5.74, 6) is 0. The minimum absolute atomic E-state index is 0.379. The van der Waals surface area contributed by atoms with Gasteiger partial charge in [0, 0.05) is 14.6 Å². The second-order valence-electron chi connectivity index (χ2n) is 5.15. The number of benzene rings is 2. The summed E-state index contributed by atoms with van der Waals surface area (Å²) < 4.78 is 1.28. The Morgan fingerprint density at radius 3 is 2.62 bits per heavy atom. The maximum atomic E-state index is 6.16. The standard InChI is InChI=1S/C18H21ClIN/c1-2-21-18(16-13-15(19)11-12-17(16)20)10-6-9-14-7-4-3-5-8-14/h3-5,7-8,11-13,18,21H,2,6,9-10H2,1H3. The van der Waals surface area contributed by atoms with E-state index in [1.165, 1.54) is 21.1 Å². The molecule has 2 aromatic rings. The molecule has 0 bridgehead atoms. The van der Waals surface area contributed by atoms with Gasteiger partial charge < -0.3 is 5.32 Å². The Morgan fingerprint density at radius 1 is 1.14 bits per heavy atom. The van der Waals surface area contributed by atoms with E-state index in [4.69, 9.17) is 11.6 Å². The fraction of sp³-hybridized carbons (Fsp3) is 0.333. The summed E-state index contributed by atoms with van der Waals surface area (Å²) in [6.45, 7) is 3.13. The Bertz CT molecular complexity index is 556. The van der Waals surface area contributed by atoms with Gasteiger partial charge in [0.1, 0.15) is 0 Å². The van der Waals surface area contributed by atoms with Gasteiger partial charge in [-0.2, -0.15) is 0 Å². The highest BCUT2D eigenvalue weighted by atomic mass is 127. The zero-order chi connectivity index (χ0) is 15.1. The molecule has 1 N–H and O–H groups in total. The molecule has 0 spiro atoms. The number of halogens is 2. The van der Waals surface area contributed by atoms with Gasteiger partial charge in [0.05, 0.1) is 0 Å². The van der Waals surface area contributed by atoms with Crippen LogP contribution in [-0.2, 0) is 6.42 Å². The molecule has 0 saturated carbocycles. The van der Waals surface area contributed by atoms with Crippen LogP contribution >= 0.6 is 34.2 Å². The highest BCUT2D eigenvalue weighted by Crippen LogP contribution is 2.27.